The zero-order valence-electron chi connectivity index (χ0n) is 12.6. The minimum atomic E-state index is -0.124. The van der Waals surface area contributed by atoms with Crippen LogP contribution < -0.4 is 0 Å². The highest BCUT2D eigenvalue weighted by molar-refractivity contribution is 5.98. The van der Waals surface area contributed by atoms with Gasteiger partial charge in [-0.1, -0.05) is 66.7 Å². The van der Waals surface area contributed by atoms with E-state index in [0.29, 0.717) is 6.54 Å². The lowest BCUT2D eigenvalue weighted by Crippen LogP contribution is -2.25. The van der Waals surface area contributed by atoms with Gasteiger partial charge in [-0.3, -0.25) is 4.79 Å². The third-order valence-electron chi connectivity index (χ3n) is 3.33. The summed E-state index contributed by atoms with van der Waals surface area (Å²) in [5.41, 5.74) is 2.11. The van der Waals surface area contributed by atoms with Crippen molar-refractivity contribution in [1.82, 2.24) is 4.90 Å². The second kappa shape index (κ2) is 7.55. The number of ketones is 1. The van der Waals surface area contributed by atoms with Crippen molar-refractivity contribution in [2.75, 3.05) is 20.6 Å². The first-order valence-corrected chi connectivity index (χ1v) is 7.13. The molecule has 2 heteroatoms. The molecule has 0 fully saturated rings. The SMILES string of the molecule is CN(C)CC(C(=O)/C=C/c1ccccc1)c1ccccc1. The van der Waals surface area contributed by atoms with Gasteiger partial charge in [-0.15, -0.1) is 0 Å². The van der Waals surface area contributed by atoms with Gasteiger partial charge >= 0.3 is 0 Å². The minimum absolute atomic E-state index is 0.124. The third-order valence-corrected chi connectivity index (χ3v) is 3.33. The molecule has 2 nitrogen and oxygen atoms in total. The van der Waals surface area contributed by atoms with E-state index >= 15 is 0 Å². The second-order valence-corrected chi connectivity index (χ2v) is 5.37. The molecule has 1 atom stereocenters. The van der Waals surface area contributed by atoms with Crippen molar-refractivity contribution < 1.29 is 4.79 Å². The molecule has 108 valence electrons. The molecule has 0 aliphatic rings. The standard InChI is InChI=1S/C19H21NO/c1-20(2)15-18(17-11-7-4-8-12-17)19(21)14-13-16-9-5-3-6-10-16/h3-14,18H,15H2,1-2H3/b14-13+. The van der Waals surface area contributed by atoms with Gasteiger partial charge in [-0.25, -0.2) is 0 Å². The maximum absolute atomic E-state index is 12.5. The summed E-state index contributed by atoms with van der Waals surface area (Å²) in [4.78, 5) is 14.6. The average molecular weight is 279 g/mol. The lowest BCUT2D eigenvalue weighted by Gasteiger charge is -2.19. The van der Waals surface area contributed by atoms with E-state index in [0.717, 1.165) is 11.1 Å². The van der Waals surface area contributed by atoms with Gasteiger partial charge in [0, 0.05) is 6.54 Å². The molecule has 2 rings (SSSR count). The second-order valence-electron chi connectivity index (χ2n) is 5.37. The zero-order chi connectivity index (χ0) is 15.1. The van der Waals surface area contributed by atoms with E-state index in [4.69, 9.17) is 0 Å². The smallest absolute Gasteiger partial charge is 0.164 e. The Morgan fingerprint density at radius 1 is 1.00 bits per heavy atom. The summed E-state index contributed by atoms with van der Waals surface area (Å²) in [5.74, 6) is 0.0138. The van der Waals surface area contributed by atoms with Crippen LogP contribution in [0.25, 0.3) is 6.08 Å². The summed E-state index contributed by atoms with van der Waals surface area (Å²) in [6.07, 6.45) is 3.57. The molecule has 0 amide bonds. The molecule has 0 aliphatic carbocycles. The Kier molecular flexibility index (Phi) is 5.47. The number of nitrogens with zero attached hydrogens (tertiary/aromatic N) is 1. The molecule has 0 spiro atoms. The molecule has 2 aromatic rings. The van der Waals surface area contributed by atoms with Gasteiger partial charge in [0.15, 0.2) is 5.78 Å². The molecule has 2 aromatic carbocycles. The number of benzene rings is 2. The molecular weight excluding hydrogens is 258 g/mol. The van der Waals surface area contributed by atoms with Gasteiger partial charge in [0.1, 0.15) is 0 Å². The predicted molar refractivity (Wildman–Crippen MR) is 88.2 cm³/mol. The summed E-state index contributed by atoms with van der Waals surface area (Å²) in [7, 11) is 3.98. The first kappa shape index (κ1) is 15.2. The minimum Gasteiger partial charge on any atom is -0.308 e. The number of likely N-dealkylation sites (N-methyl/N-ethyl adjacent to an activating group) is 1. The van der Waals surface area contributed by atoms with Crippen LogP contribution in [0.2, 0.25) is 0 Å². The Morgan fingerprint density at radius 2 is 1.57 bits per heavy atom. The Bertz CT molecular complexity index is 587. The van der Waals surface area contributed by atoms with Crippen LogP contribution in [0.3, 0.4) is 0 Å². The summed E-state index contributed by atoms with van der Waals surface area (Å²) in [6.45, 7) is 0.710. The van der Waals surface area contributed by atoms with Gasteiger partial charge < -0.3 is 4.90 Å². The van der Waals surface area contributed by atoms with E-state index in [1.807, 2.05) is 85.7 Å². The highest BCUT2D eigenvalue weighted by Gasteiger charge is 2.18. The molecule has 0 radical (unpaired) electrons. The van der Waals surface area contributed by atoms with E-state index in [-0.39, 0.29) is 11.7 Å². The van der Waals surface area contributed by atoms with Crippen LogP contribution in [0.15, 0.2) is 66.7 Å². The van der Waals surface area contributed by atoms with Crippen molar-refractivity contribution in [2.24, 2.45) is 0 Å². The average Bonchev–Trinajstić information content (AvgIpc) is 2.52. The van der Waals surface area contributed by atoms with Crippen molar-refractivity contribution in [3.63, 3.8) is 0 Å². The molecule has 0 aliphatic heterocycles. The van der Waals surface area contributed by atoms with Crippen LogP contribution in [0.5, 0.6) is 0 Å². The van der Waals surface area contributed by atoms with Gasteiger partial charge in [0.2, 0.25) is 0 Å². The molecule has 0 bridgehead atoms. The van der Waals surface area contributed by atoms with E-state index in [1.54, 1.807) is 6.08 Å². The number of carbonyl (C=O) groups is 1. The van der Waals surface area contributed by atoms with Crippen molar-refractivity contribution in [3.05, 3.63) is 77.9 Å². The van der Waals surface area contributed by atoms with Gasteiger partial charge in [-0.05, 0) is 31.3 Å². The predicted octanol–water partition coefficient (Wildman–Crippen LogP) is 3.61. The molecule has 0 heterocycles. The third kappa shape index (κ3) is 4.69. The fraction of sp³-hybridized carbons (Fsp3) is 0.211. The molecule has 0 saturated heterocycles. The monoisotopic (exact) mass is 279 g/mol. The number of carbonyl (C=O) groups excluding carboxylic acids is 1. The lowest BCUT2D eigenvalue weighted by atomic mass is 9.93. The Balaban J connectivity index is 2.17. The molecule has 1 unspecified atom stereocenters. The van der Waals surface area contributed by atoms with Gasteiger partial charge in [-0.2, -0.15) is 0 Å². The van der Waals surface area contributed by atoms with Crippen molar-refractivity contribution in [3.8, 4) is 0 Å². The lowest BCUT2D eigenvalue weighted by molar-refractivity contribution is -0.116. The normalized spacial score (nSPS) is 12.7. The fourth-order valence-electron chi connectivity index (χ4n) is 2.27. The number of hydrogen-bond donors (Lipinski definition) is 0. The fourth-order valence-corrected chi connectivity index (χ4v) is 2.27. The first-order chi connectivity index (χ1) is 10.2. The molecular formula is C19H21NO. The van der Waals surface area contributed by atoms with E-state index in [9.17, 15) is 4.79 Å². The van der Waals surface area contributed by atoms with Crippen LogP contribution in [0, 0.1) is 0 Å². The quantitative estimate of drug-likeness (QED) is 0.753. The summed E-state index contributed by atoms with van der Waals surface area (Å²) >= 11 is 0. The van der Waals surface area contributed by atoms with Crippen molar-refractivity contribution in [1.29, 1.82) is 0 Å². The Hall–Kier alpha value is -2.19. The van der Waals surface area contributed by atoms with Crippen LogP contribution in [0.1, 0.15) is 17.0 Å². The largest absolute Gasteiger partial charge is 0.308 e. The van der Waals surface area contributed by atoms with Crippen molar-refractivity contribution in [2.45, 2.75) is 5.92 Å². The summed E-state index contributed by atoms with van der Waals surface area (Å²) in [5, 5.41) is 0. The molecule has 0 N–H and O–H groups in total. The van der Waals surface area contributed by atoms with Crippen LogP contribution in [0.4, 0.5) is 0 Å². The number of rotatable bonds is 6. The van der Waals surface area contributed by atoms with Crippen molar-refractivity contribution >= 4 is 11.9 Å². The summed E-state index contributed by atoms with van der Waals surface area (Å²) in [6, 6.07) is 19.9. The maximum Gasteiger partial charge on any atom is 0.164 e. The molecule has 0 aromatic heterocycles. The van der Waals surface area contributed by atoms with Crippen LogP contribution in [-0.4, -0.2) is 31.3 Å². The number of hydrogen-bond acceptors (Lipinski definition) is 2. The molecule has 21 heavy (non-hydrogen) atoms. The van der Waals surface area contributed by atoms with Crippen LogP contribution in [-0.2, 0) is 4.79 Å². The molecule has 0 saturated carbocycles. The topological polar surface area (TPSA) is 20.3 Å². The van der Waals surface area contributed by atoms with E-state index < -0.39 is 0 Å². The van der Waals surface area contributed by atoms with Crippen LogP contribution >= 0.6 is 0 Å². The maximum atomic E-state index is 12.5. The van der Waals surface area contributed by atoms with Gasteiger partial charge in [0.05, 0.1) is 5.92 Å². The van der Waals surface area contributed by atoms with E-state index in [1.165, 1.54) is 0 Å². The van der Waals surface area contributed by atoms with Gasteiger partial charge in [0.25, 0.3) is 0 Å². The first-order valence-electron chi connectivity index (χ1n) is 7.13. The summed E-state index contributed by atoms with van der Waals surface area (Å²) < 4.78 is 0. The Morgan fingerprint density at radius 3 is 2.14 bits per heavy atom. The Labute approximate surface area is 126 Å². The zero-order valence-corrected chi connectivity index (χ0v) is 12.6. The highest BCUT2D eigenvalue weighted by Crippen LogP contribution is 2.18. The number of allylic oxidation sites excluding steroid dienone is 1. The van der Waals surface area contributed by atoms with E-state index in [2.05, 4.69) is 0 Å². The highest BCUT2D eigenvalue weighted by atomic mass is 16.1.